The van der Waals surface area contributed by atoms with Crippen LogP contribution in [0.5, 0.6) is 0 Å². The number of fused-ring (bicyclic) bond motifs is 1. The zero-order valence-electron chi connectivity index (χ0n) is 19.2. The molecule has 0 bridgehead atoms. The normalized spacial score (nSPS) is 15.5. The van der Waals surface area contributed by atoms with Crippen LogP contribution in [0.3, 0.4) is 0 Å². The highest BCUT2D eigenvalue weighted by atomic mass is 35.5. The van der Waals surface area contributed by atoms with Gasteiger partial charge in [0.25, 0.3) is 0 Å². The summed E-state index contributed by atoms with van der Waals surface area (Å²) in [5.74, 6) is 1.31. The average Bonchev–Trinajstić information content (AvgIpc) is 3.59. The standard InChI is InChI=1S/C29H23ClN4O/c1-2-19-10-12-20(13-11-19)26-18-25(27-9-6-16-35-27)33-34(26)29-31-24-15-14-22(30)17-23(24)28(32-29)21-7-4-3-5-8-21/h3-17,26H,2,18H2,1H3/t26-/m1/s1. The van der Waals surface area contributed by atoms with Crippen LogP contribution in [0, 0.1) is 0 Å². The van der Waals surface area contributed by atoms with Crippen molar-refractivity contribution in [1.29, 1.82) is 0 Å². The summed E-state index contributed by atoms with van der Waals surface area (Å²) in [7, 11) is 0. The van der Waals surface area contributed by atoms with E-state index in [1.165, 1.54) is 5.56 Å². The van der Waals surface area contributed by atoms with E-state index in [1.54, 1.807) is 6.26 Å². The van der Waals surface area contributed by atoms with Crippen LogP contribution in [-0.4, -0.2) is 15.7 Å². The second-order valence-corrected chi connectivity index (χ2v) is 9.02. The number of furan rings is 1. The van der Waals surface area contributed by atoms with E-state index >= 15 is 0 Å². The second-order valence-electron chi connectivity index (χ2n) is 8.58. The highest BCUT2D eigenvalue weighted by molar-refractivity contribution is 6.31. The molecule has 0 unspecified atom stereocenters. The second kappa shape index (κ2) is 9.01. The van der Waals surface area contributed by atoms with Gasteiger partial charge >= 0.3 is 0 Å². The molecule has 1 atom stereocenters. The third-order valence-corrected chi connectivity index (χ3v) is 6.62. The fourth-order valence-corrected chi connectivity index (χ4v) is 4.70. The number of anilines is 1. The molecule has 6 heteroatoms. The van der Waals surface area contributed by atoms with E-state index in [1.807, 2.05) is 53.5 Å². The quantitative estimate of drug-likeness (QED) is 0.263. The Labute approximate surface area is 208 Å². The molecule has 1 aliphatic rings. The molecular weight excluding hydrogens is 456 g/mol. The Bertz CT molecular complexity index is 1510. The summed E-state index contributed by atoms with van der Waals surface area (Å²) in [5.41, 5.74) is 5.99. The number of aryl methyl sites for hydroxylation is 1. The van der Waals surface area contributed by atoms with Crippen molar-refractivity contribution in [1.82, 2.24) is 9.97 Å². The van der Waals surface area contributed by atoms with Gasteiger partial charge in [0.05, 0.1) is 23.5 Å². The van der Waals surface area contributed by atoms with Crippen LogP contribution in [-0.2, 0) is 6.42 Å². The molecule has 3 aromatic carbocycles. The molecule has 2 aromatic heterocycles. The first-order chi connectivity index (χ1) is 17.2. The Hall–Kier alpha value is -3.96. The largest absolute Gasteiger partial charge is 0.463 e. The monoisotopic (exact) mass is 478 g/mol. The predicted octanol–water partition coefficient (Wildman–Crippen LogP) is 7.46. The van der Waals surface area contributed by atoms with Gasteiger partial charge in [-0.15, -0.1) is 0 Å². The van der Waals surface area contributed by atoms with Gasteiger partial charge in [0.15, 0.2) is 0 Å². The molecule has 5 nitrogen and oxygen atoms in total. The molecular formula is C29H23ClN4O. The molecule has 0 fully saturated rings. The molecule has 0 saturated carbocycles. The molecule has 0 saturated heterocycles. The maximum absolute atomic E-state index is 6.35. The molecule has 0 N–H and O–H groups in total. The molecule has 0 amide bonds. The summed E-state index contributed by atoms with van der Waals surface area (Å²) in [5, 5.41) is 8.46. The minimum atomic E-state index is -0.0469. The smallest absolute Gasteiger partial charge is 0.247 e. The lowest BCUT2D eigenvalue weighted by Crippen LogP contribution is -2.21. The lowest BCUT2D eigenvalue weighted by molar-refractivity contribution is 0.556. The number of rotatable bonds is 5. The Morgan fingerprint density at radius 1 is 0.943 bits per heavy atom. The SMILES string of the molecule is CCc1ccc([C@H]2CC(c3ccco3)=NN2c2nc(-c3ccccc3)c3cc(Cl)ccc3n2)cc1. The maximum atomic E-state index is 6.35. The number of aromatic nitrogens is 2. The van der Waals surface area contributed by atoms with Gasteiger partial charge in [0.1, 0.15) is 11.5 Å². The predicted molar refractivity (Wildman–Crippen MR) is 141 cm³/mol. The Morgan fingerprint density at radius 3 is 2.51 bits per heavy atom. The van der Waals surface area contributed by atoms with Gasteiger partial charge in [0, 0.05) is 22.4 Å². The highest BCUT2D eigenvalue weighted by Crippen LogP contribution is 2.38. The van der Waals surface area contributed by atoms with E-state index in [0.717, 1.165) is 45.6 Å². The Morgan fingerprint density at radius 2 is 1.77 bits per heavy atom. The van der Waals surface area contributed by atoms with Crippen LogP contribution < -0.4 is 5.01 Å². The lowest BCUT2D eigenvalue weighted by Gasteiger charge is -2.23. The minimum Gasteiger partial charge on any atom is -0.463 e. The molecule has 172 valence electrons. The number of hydrogen-bond donors (Lipinski definition) is 0. The third-order valence-electron chi connectivity index (χ3n) is 6.39. The summed E-state index contributed by atoms with van der Waals surface area (Å²) in [6, 6.07) is 28.3. The summed E-state index contributed by atoms with van der Waals surface area (Å²) >= 11 is 6.35. The van der Waals surface area contributed by atoms with Crippen molar-refractivity contribution in [3.8, 4) is 11.3 Å². The number of nitrogens with zero attached hydrogens (tertiary/aromatic N) is 4. The van der Waals surface area contributed by atoms with Crippen molar-refractivity contribution in [3.05, 3.63) is 113 Å². The van der Waals surface area contributed by atoms with Crippen molar-refractivity contribution in [2.45, 2.75) is 25.8 Å². The maximum Gasteiger partial charge on any atom is 0.247 e. The first-order valence-corrected chi connectivity index (χ1v) is 12.1. The molecule has 3 heterocycles. The molecule has 35 heavy (non-hydrogen) atoms. The molecule has 0 spiro atoms. The molecule has 0 aliphatic carbocycles. The van der Waals surface area contributed by atoms with Crippen molar-refractivity contribution in [2.75, 3.05) is 5.01 Å². The number of hydrogen-bond acceptors (Lipinski definition) is 5. The zero-order chi connectivity index (χ0) is 23.8. The summed E-state index contributed by atoms with van der Waals surface area (Å²) < 4.78 is 5.69. The van der Waals surface area contributed by atoms with Crippen LogP contribution in [0.4, 0.5) is 5.95 Å². The summed E-state index contributed by atoms with van der Waals surface area (Å²) in [6.45, 7) is 2.16. The number of hydrazone groups is 1. The van der Waals surface area contributed by atoms with Crippen LogP contribution >= 0.6 is 11.6 Å². The topological polar surface area (TPSA) is 54.5 Å². The van der Waals surface area contributed by atoms with E-state index < -0.39 is 0 Å². The van der Waals surface area contributed by atoms with Gasteiger partial charge in [-0.3, -0.25) is 0 Å². The number of halogens is 1. The lowest BCUT2D eigenvalue weighted by atomic mass is 9.99. The van der Waals surface area contributed by atoms with Gasteiger partial charge in [-0.1, -0.05) is 73.1 Å². The van der Waals surface area contributed by atoms with Gasteiger partial charge in [0.2, 0.25) is 5.95 Å². The van der Waals surface area contributed by atoms with Gasteiger partial charge < -0.3 is 4.42 Å². The third kappa shape index (κ3) is 4.08. The highest BCUT2D eigenvalue weighted by Gasteiger charge is 2.33. The van der Waals surface area contributed by atoms with E-state index in [-0.39, 0.29) is 6.04 Å². The van der Waals surface area contributed by atoms with Gasteiger partial charge in [-0.05, 0) is 47.9 Å². The zero-order valence-corrected chi connectivity index (χ0v) is 20.0. The fourth-order valence-electron chi connectivity index (χ4n) is 4.53. The fraction of sp³-hybridized carbons (Fsp3) is 0.138. The summed E-state index contributed by atoms with van der Waals surface area (Å²) in [6.07, 6.45) is 3.37. The molecule has 1 aliphatic heterocycles. The Balaban J connectivity index is 1.52. The molecule has 5 aromatic rings. The molecule has 0 radical (unpaired) electrons. The Kier molecular flexibility index (Phi) is 5.55. The van der Waals surface area contributed by atoms with Crippen LogP contribution in [0.1, 0.15) is 36.3 Å². The van der Waals surface area contributed by atoms with Crippen LogP contribution in [0.15, 0.2) is 101 Å². The minimum absolute atomic E-state index is 0.0469. The van der Waals surface area contributed by atoms with Crippen LogP contribution in [0.2, 0.25) is 5.02 Å². The van der Waals surface area contributed by atoms with Gasteiger partial charge in [-0.25, -0.2) is 15.0 Å². The van der Waals surface area contributed by atoms with Crippen molar-refractivity contribution >= 4 is 34.2 Å². The van der Waals surface area contributed by atoms with E-state index in [4.69, 9.17) is 31.1 Å². The van der Waals surface area contributed by atoms with Gasteiger partial charge in [-0.2, -0.15) is 5.10 Å². The summed E-state index contributed by atoms with van der Waals surface area (Å²) in [4.78, 5) is 9.97. The van der Waals surface area contributed by atoms with Crippen molar-refractivity contribution in [2.24, 2.45) is 5.10 Å². The van der Waals surface area contributed by atoms with Crippen molar-refractivity contribution < 1.29 is 4.42 Å². The molecule has 6 rings (SSSR count). The van der Waals surface area contributed by atoms with E-state index in [2.05, 4.69) is 43.3 Å². The van der Waals surface area contributed by atoms with Crippen molar-refractivity contribution in [3.63, 3.8) is 0 Å². The van der Waals surface area contributed by atoms with Crippen LogP contribution in [0.25, 0.3) is 22.2 Å². The average molecular weight is 479 g/mol. The number of benzene rings is 3. The van der Waals surface area contributed by atoms with E-state index in [0.29, 0.717) is 17.4 Å². The van der Waals surface area contributed by atoms with E-state index in [9.17, 15) is 0 Å². The first kappa shape index (κ1) is 21.6. The first-order valence-electron chi connectivity index (χ1n) is 11.7.